The van der Waals surface area contributed by atoms with E-state index in [2.05, 4.69) is 26.6 Å². The Morgan fingerprint density at radius 3 is 1.92 bits per heavy atom. The normalized spacial score (nSPS) is 14.7. The zero-order valence-electron chi connectivity index (χ0n) is 31.1. The van der Waals surface area contributed by atoms with Crippen LogP contribution < -0.4 is 26.6 Å². The van der Waals surface area contributed by atoms with Crippen LogP contribution in [0.3, 0.4) is 0 Å². The number of hydrogen-bond donors (Lipinski definition) is 6. The zero-order chi connectivity index (χ0) is 37.3. The Balaban J connectivity index is 2.92. The number of aliphatic hydroxyl groups excluding tert-OH is 1. The molecule has 13 heteroatoms. The Bertz CT molecular complexity index is 1190. The molecule has 1 aromatic carbocycles. The lowest BCUT2D eigenvalue weighted by atomic mass is 9.95. The third-order valence-corrected chi connectivity index (χ3v) is 8.27. The molecule has 0 aliphatic carbocycles. The van der Waals surface area contributed by atoms with E-state index in [1.54, 1.807) is 34.6 Å². The second-order valence-electron chi connectivity index (χ2n) is 14.6. The molecule has 0 heterocycles. The van der Waals surface area contributed by atoms with Crippen LogP contribution in [0.15, 0.2) is 30.3 Å². The molecule has 0 aromatic heterocycles. The summed E-state index contributed by atoms with van der Waals surface area (Å²) in [6.07, 6.45) is 0.857. The highest BCUT2D eigenvalue weighted by Crippen LogP contribution is 2.15. The summed E-state index contributed by atoms with van der Waals surface area (Å²) in [4.78, 5) is 65.2. The lowest BCUT2D eigenvalue weighted by Crippen LogP contribution is -2.57. The van der Waals surface area contributed by atoms with Gasteiger partial charge in [-0.15, -0.1) is 0 Å². The molecule has 0 bridgehead atoms. The van der Waals surface area contributed by atoms with Crippen molar-refractivity contribution in [3.63, 3.8) is 0 Å². The van der Waals surface area contributed by atoms with Crippen LogP contribution in [0.1, 0.15) is 93.6 Å². The van der Waals surface area contributed by atoms with Crippen LogP contribution in [-0.2, 0) is 30.5 Å². The van der Waals surface area contributed by atoms with Gasteiger partial charge in [0.25, 0.3) is 0 Å². The van der Waals surface area contributed by atoms with Crippen LogP contribution in [-0.4, -0.2) is 82.7 Å². The molecular weight excluding hydrogens is 646 g/mol. The molecule has 0 radical (unpaired) electrons. The molecule has 0 spiro atoms. The minimum absolute atomic E-state index is 0.0526. The average molecular weight is 708 g/mol. The van der Waals surface area contributed by atoms with Gasteiger partial charge in [0, 0.05) is 13.0 Å². The van der Waals surface area contributed by atoms with Crippen molar-refractivity contribution in [2.24, 2.45) is 17.8 Å². The van der Waals surface area contributed by atoms with E-state index in [4.69, 9.17) is 4.74 Å². The van der Waals surface area contributed by atoms with Crippen molar-refractivity contribution in [3.05, 3.63) is 35.9 Å². The van der Waals surface area contributed by atoms with Crippen molar-refractivity contribution >= 4 is 41.5 Å². The molecule has 278 valence electrons. The van der Waals surface area contributed by atoms with Crippen LogP contribution >= 0.6 is 11.8 Å². The molecule has 5 amide bonds. The first kappa shape index (κ1) is 43.7. The number of carbonyl (C=O) groups is 5. The van der Waals surface area contributed by atoms with Gasteiger partial charge in [-0.3, -0.25) is 19.2 Å². The number of amides is 5. The van der Waals surface area contributed by atoms with Crippen LogP contribution in [0.25, 0.3) is 0 Å². The van der Waals surface area contributed by atoms with Crippen LogP contribution in [0.5, 0.6) is 0 Å². The van der Waals surface area contributed by atoms with Crippen molar-refractivity contribution in [1.29, 1.82) is 0 Å². The predicted octanol–water partition coefficient (Wildman–Crippen LogP) is 3.90. The van der Waals surface area contributed by atoms with Crippen molar-refractivity contribution in [2.75, 3.05) is 12.0 Å². The Labute approximate surface area is 297 Å². The Morgan fingerprint density at radius 1 is 0.796 bits per heavy atom. The van der Waals surface area contributed by atoms with E-state index in [0.717, 1.165) is 5.56 Å². The van der Waals surface area contributed by atoms with E-state index in [-0.39, 0.29) is 42.4 Å². The number of ether oxygens (including phenoxy) is 1. The van der Waals surface area contributed by atoms with Gasteiger partial charge in [-0.05, 0) is 75.4 Å². The highest BCUT2D eigenvalue weighted by molar-refractivity contribution is 7.98. The quantitative estimate of drug-likeness (QED) is 0.118. The lowest BCUT2D eigenvalue weighted by Gasteiger charge is -2.30. The largest absolute Gasteiger partial charge is 0.444 e. The molecule has 0 saturated carbocycles. The van der Waals surface area contributed by atoms with Gasteiger partial charge in [0.2, 0.25) is 23.6 Å². The van der Waals surface area contributed by atoms with E-state index in [9.17, 15) is 29.1 Å². The van der Waals surface area contributed by atoms with Gasteiger partial charge in [-0.25, -0.2) is 4.79 Å². The minimum Gasteiger partial charge on any atom is -0.444 e. The monoisotopic (exact) mass is 707 g/mol. The summed E-state index contributed by atoms with van der Waals surface area (Å²) in [6.45, 7) is 16.7. The molecule has 6 N–H and O–H groups in total. The van der Waals surface area contributed by atoms with Crippen LogP contribution in [0.4, 0.5) is 4.79 Å². The fourth-order valence-corrected chi connectivity index (χ4v) is 5.47. The first-order valence-corrected chi connectivity index (χ1v) is 18.6. The Morgan fingerprint density at radius 2 is 1.39 bits per heavy atom. The maximum Gasteiger partial charge on any atom is 0.408 e. The molecule has 5 atom stereocenters. The predicted molar refractivity (Wildman–Crippen MR) is 195 cm³/mol. The second kappa shape index (κ2) is 21.7. The maximum atomic E-state index is 13.6. The second-order valence-corrected chi connectivity index (χ2v) is 15.5. The van der Waals surface area contributed by atoms with E-state index in [1.807, 2.05) is 64.3 Å². The zero-order valence-corrected chi connectivity index (χ0v) is 31.9. The number of aliphatic hydroxyl groups is 1. The summed E-state index contributed by atoms with van der Waals surface area (Å²) in [5, 5.41) is 25.2. The van der Waals surface area contributed by atoms with E-state index in [1.165, 1.54) is 11.8 Å². The summed E-state index contributed by atoms with van der Waals surface area (Å²) < 4.78 is 5.32. The van der Waals surface area contributed by atoms with Crippen molar-refractivity contribution in [2.45, 2.75) is 130 Å². The van der Waals surface area contributed by atoms with Gasteiger partial charge in [-0.1, -0.05) is 71.9 Å². The summed E-state index contributed by atoms with van der Waals surface area (Å²) >= 11 is 1.52. The molecule has 12 nitrogen and oxygen atoms in total. The molecule has 49 heavy (non-hydrogen) atoms. The average Bonchev–Trinajstić information content (AvgIpc) is 3.00. The SMILES string of the molecule is CSCC[C@H](NC(=O)[C@@H](NC(=O)OC(C)(C)C)C(C)C)C(=O)N[C@@H](CC(C)C)[C@@H](O)CCC(=O)N[C@H](C(=O)NCc1ccccc1)C(C)C. The van der Waals surface area contributed by atoms with Gasteiger partial charge < -0.3 is 36.4 Å². The molecule has 0 aliphatic rings. The molecule has 0 saturated heterocycles. The highest BCUT2D eigenvalue weighted by atomic mass is 32.2. The summed E-state index contributed by atoms with van der Waals surface area (Å²) in [6, 6.07) is 6.18. The number of benzene rings is 1. The van der Waals surface area contributed by atoms with Crippen molar-refractivity contribution in [1.82, 2.24) is 26.6 Å². The molecule has 1 rings (SSSR count). The van der Waals surface area contributed by atoms with E-state index < -0.39 is 53.8 Å². The number of nitrogens with one attached hydrogen (secondary N) is 5. The molecule has 1 aromatic rings. The van der Waals surface area contributed by atoms with E-state index in [0.29, 0.717) is 25.1 Å². The number of carbonyl (C=O) groups excluding carboxylic acids is 5. The lowest BCUT2D eigenvalue weighted by molar-refractivity contribution is -0.131. The van der Waals surface area contributed by atoms with Crippen LogP contribution in [0, 0.1) is 17.8 Å². The topological polar surface area (TPSA) is 175 Å². The number of hydrogen-bond acceptors (Lipinski definition) is 8. The smallest absolute Gasteiger partial charge is 0.408 e. The number of alkyl carbamates (subject to hydrolysis) is 1. The summed E-state index contributed by atoms with van der Waals surface area (Å²) in [7, 11) is 0. The van der Waals surface area contributed by atoms with Gasteiger partial charge >= 0.3 is 6.09 Å². The molecular formula is C36H61N5O7S. The van der Waals surface area contributed by atoms with Crippen molar-refractivity contribution < 1.29 is 33.8 Å². The molecule has 0 aliphatic heterocycles. The van der Waals surface area contributed by atoms with Crippen molar-refractivity contribution in [3.8, 4) is 0 Å². The maximum absolute atomic E-state index is 13.6. The van der Waals surface area contributed by atoms with Gasteiger partial charge in [0.1, 0.15) is 23.7 Å². The van der Waals surface area contributed by atoms with Gasteiger partial charge in [0.05, 0.1) is 12.1 Å². The highest BCUT2D eigenvalue weighted by Gasteiger charge is 2.32. The van der Waals surface area contributed by atoms with E-state index >= 15 is 0 Å². The Kier molecular flexibility index (Phi) is 19.4. The third-order valence-electron chi connectivity index (χ3n) is 7.62. The minimum atomic E-state index is -1.06. The van der Waals surface area contributed by atoms with Gasteiger partial charge in [0.15, 0.2) is 0 Å². The van der Waals surface area contributed by atoms with Crippen LogP contribution in [0.2, 0.25) is 0 Å². The molecule has 0 fully saturated rings. The number of rotatable bonds is 20. The summed E-state index contributed by atoms with van der Waals surface area (Å²) in [5.74, 6) is -1.43. The fourth-order valence-electron chi connectivity index (χ4n) is 4.99. The third kappa shape index (κ3) is 17.8. The molecule has 0 unspecified atom stereocenters. The first-order chi connectivity index (χ1) is 22.8. The standard InChI is InChI=1S/C36H61N5O7S/c1-22(2)20-27(28(42)16-17-29(43)40-30(23(3)4)33(45)37-21-25-14-12-11-13-15-25)39-32(44)26(18-19-49-10)38-34(46)31(24(5)6)41-35(47)48-36(7,8)9/h11-15,22-24,26-28,30-31,42H,16-21H2,1-10H3,(H,37,45)(H,38,46)(H,39,44)(H,40,43)(H,41,47)/t26-,27-,28-,30-,31-/m0/s1. The summed E-state index contributed by atoms with van der Waals surface area (Å²) in [5.41, 5.74) is 0.196. The number of thioether (sulfide) groups is 1. The first-order valence-electron chi connectivity index (χ1n) is 17.2. The van der Waals surface area contributed by atoms with Gasteiger partial charge in [-0.2, -0.15) is 11.8 Å². The fraction of sp³-hybridized carbons (Fsp3) is 0.694. The Hall–Kier alpha value is -3.32.